The van der Waals surface area contributed by atoms with Gasteiger partial charge in [0, 0.05) is 7.11 Å². The molecule has 2 aromatic carbocycles. The number of rotatable bonds is 6. The predicted octanol–water partition coefficient (Wildman–Crippen LogP) is 4.10. The number of hydrogen-bond acceptors (Lipinski definition) is 2. The van der Waals surface area contributed by atoms with Crippen LogP contribution in [-0.4, -0.2) is 12.2 Å². The highest BCUT2D eigenvalue weighted by Gasteiger charge is 2.10. The molecule has 1 unspecified atom stereocenters. The standard InChI is InChI=1S/C17H20O2/c1-19-17(15-10-12-16(18)13-11-15)9-5-8-14-6-3-2-4-7-14/h2-4,6-7,10-13,17-18H,5,8-9H2,1H3. The van der Waals surface area contributed by atoms with Gasteiger partial charge < -0.3 is 9.84 Å². The molecule has 2 nitrogen and oxygen atoms in total. The van der Waals surface area contributed by atoms with Gasteiger partial charge >= 0.3 is 0 Å². The molecular weight excluding hydrogens is 236 g/mol. The summed E-state index contributed by atoms with van der Waals surface area (Å²) in [7, 11) is 1.74. The quantitative estimate of drug-likeness (QED) is 0.843. The number of aryl methyl sites for hydroxylation is 1. The van der Waals surface area contributed by atoms with Crippen LogP contribution in [0, 0.1) is 0 Å². The van der Waals surface area contributed by atoms with Gasteiger partial charge in [0.1, 0.15) is 5.75 Å². The molecule has 0 saturated carbocycles. The first-order valence-electron chi connectivity index (χ1n) is 6.65. The minimum atomic E-state index is 0.101. The van der Waals surface area contributed by atoms with E-state index in [-0.39, 0.29) is 6.10 Å². The molecular formula is C17H20O2. The van der Waals surface area contributed by atoms with Crippen molar-refractivity contribution in [3.05, 3.63) is 65.7 Å². The van der Waals surface area contributed by atoms with E-state index in [9.17, 15) is 5.11 Å². The average molecular weight is 256 g/mol. The summed E-state index contributed by atoms with van der Waals surface area (Å²) >= 11 is 0. The van der Waals surface area contributed by atoms with Crippen LogP contribution >= 0.6 is 0 Å². The molecule has 2 heteroatoms. The predicted molar refractivity (Wildman–Crippen MR) is 77.2 cm³/mol. The van der Waals surface area contributed by atoms with E-state index in [2.05, 4.69) is 24.3 Å². The van der Waals surface area contributed by atoms with Crippen LogP contribution in [0.4, 0.5) is 0 Å². The van der Waals surface area contributed by atoms with Crippen molar-refractivity contribution in [1.82, 2.24) is 0 Å². The second kappa shape index (κ2) is 6.95. The lowest BCUT2D eigenvalue weighted by Crippen LogP contribution is -2.02. The summed E-state index contributed by atoms with van der Waals surface area (Å²) < 4.78 is 5.53. The monoisotopic (exact) mass is 256 g/mol. The van der Waals surface area contributed by atoms with E-state index in [1.807, 2.05) is 18.2 Å². The van der Waals surface area contributed by atoms with Gasteiger partial charge in [-0.3, -0.25) is 0 Å². The van der Waals surface area contributed by atoms with Gasteiger partial charge in [-0.15, -0.1) is 0 Å². The maximum Gasteiger partial charge on any atom is 0.115 e. The number of ether oxygens (including phenoxy) is 1. The first-order valence-corrected chi connectivity index (χ1v) is 6.65. The highest BCUT2D eigenvalue weighted by molar-refractivity contribution is 5.27. The molecule has 0 amide bonds. The molecule has 100 valence electrons. The van der Waals surface area contributed by atoms with Gasteiger partial charge in [0.25, 0.3) is 0 Å². The minimum absolute atomic E-state index is 0.101. The second-order valence-electron chi connectivity index (χ2n) is 4.69. The number of phenolic OH excluding ortho intramolecular Hbond substituents is 1. The van der Waals surface area contributed by atoms with Crippen molar-refractivity contribution >= 4 is 0 Å². The minimum Gasteiger partial charge on any atom is -0.508 e. The van der Waals surface area contributed by atoms with Crippen LogP contribution in [0.25, 0.3) is 0 Å². The fourth-order valence-electron chi connectivity index (χ4n) is 2.25. The topological polar surface area (TPSA) is 29.5 Å². The van der Waals surface area contributed by atoms with Gasteiger partial charge in [-0.1, -0.05) is 42.5 Å². The molecule has 0 fully saturated rings. The molecule has 0 aliphatic rings. The Balaban J connectivity index is 1.87. The van der Waals surface area contributed by atoms with E-state index in [0.29, 0.717) is 5.75 Å². The molecule has 1 atom stereocenters. The molecule has 2 aromatic rings. The van der Waals surface area contributed by atoms with Crippen LogP contribution in [-0.2, 0) is 11.2 Å². The Labute approximate surface area is 114 Å². The van der Waals surface area contributed by atoms with Crippen molar-refractivity contribution in [2.45, 2.75) is 25.4 Å². The number of benzene rings is 2. The van der Waals surface area contributed by atoms with E-state index in [0.717, 1.165) is 24.8 Å². The maximum atomic E-state index is 9.30. The fourth-order valence-corrected chi connectivity index (χ4v) is 2.25. The number of aromatic hydroxyl groups is 1. The third-order valence-electron chi connectivity index (χ3n) is 3.32. The van der Waals surface area contributed by atoms with Crippen molar-refractivity contribution < 1.29 is 9.84 Å². The highest BCUT2D eigenvalue weighted by Crippen LogP contribution is 2.24. The molecule has 0 aromatic heterocycles. The van der Waals surface area contributed by atoms with Gasteiger partial charge in [0.05, 0.1) is 6.10 Å². The molecule has 0 bridgehead atoms. The Morgan fingerprint density at radius 1 is 1.00 bits per heavy atom. The molecule has 1 N–H and O–H groups in total. The normalized spacial score (nSPS) is 12.3. The van der Waals surface area contributed by atoms with Gasteiger partial charge in [0.2, 0.25) is 0 Å². The zero-order chi connectivity index (χ0) is 13.5. The molecule has 0 heterocycles. The number of hydrogen-bond donors (Lipinski definition) is 1. The summed E-state index contributed by atoms with van der Waals surface area (Å²) in [5.41, 5.74) is 2.48. The lowest BCUT2D eigenvalue weighted by Gasteiger charge is -2.15. The largest absolute Gasteiger partial charge is 0.508 e. The first kappa shape index (κ1) is 13.6. The molecule has 0 radical (unpaired) electrons. The fraction of sp³-hybridized carbons (Fsp3) is 0.294. The smallest absolute Gasteiger partial charge is 0.115 e. The van der Waals surface area contributed by atoms with Crippen LogP contribution in [0.15, 0.2) is 54.6 Å². The van der Waals surface area contributed by atoms with Crippen molar-refractivity contribution in [2.75, 3.05) is 7.11 Å². The van der Waals surface area contributed by atoms with Crippen LogP contribution in [0.5, 0.6) is 5.75 Å². The van der Waals surface area contributed by atoms with E-state index < -0.39 is 0 Å². The summed E-state index contributed by atoms with van der Waals surface area (Å²) in [6.45, 7) is 0. The van der Waals surface area contributed by atoms with E-state index in [1.165, 1.54) is 5.56 Å². The summed E-state index contributed by atoms with van der Waals surface area (Å²) in [5.74, 6) is 0.294. The molecule has 0 saturated heterocycles. The van der Waals surface area contributed by atoms with Crippen molar-refractivity contribution in [3.63, 3.8) is 0 Å². The van der Waals surface area contributed by atoms with Crippen LogP contribution in [0.1, 0.15) is 30.1 Å². The third kappa shape index (κ3) is 4.11. The second-order valence-corrected chi connectivity index (χ2v) is 4.69. The zero-order valence-corrected chi connectivity index (χ0v) is 11.3. The van der Waals surface area contributed by atoms with Crippen LogP contribution in [0.3, 0.4) is 0 Å². The summed E-state index contributed by atoms with van der Waals surface area (Å²) in [6, 6.07) is 17.8. The third-order valence-corrected chi connectivity index (χ3v) is 3.32. The van der Waals surface area contributed by atoms with E-state index >= 15 is 0 Å². The SMILES string of the molecule is COC(CCCc1ccccc1)c1ccc(O)cc1. The Bertz CT molecular complexity index is 476. The van der Waals surface area contributed by atoms with Crippen molar-refractivity contribution in [2.24, 2.45) is 0 Å². The summed E-state index contributed by atoms with van der Waals surface area (Å²) in [4.78, 5) is 0. The summed E-state index contributed by atoms with van der Waals surface area (Å²) in [6.07, 6.45) is 3.24. The number of phenols is 1. The van der Waals surface area contributed by atoms with E-state index in [4.69, 9.17) is 4.74 Å². The Kier molecular flexibility index (Phi) is 4.99. The lowest BCUT2D eigenvalue weighted by atomic mass is 10.0. The van der Waals surface area contributed by atoms with Crippen LogP contribution < -0.4 is 0 Å². The van der Waals surface area contributed by atoms with Gasteiger partial charge in [-0.2, -0.15) is 0 Å². The van der Waals surface area contributed by atoms with Gasteiger partial charge in [-0.25, -0.2) is 0 Å². The van der Waals surface area contributed by atoms with E-state index in [1.54, 1.807) is 19.2 Å². The first-order chi connectivity index (χ1) is 9.29. The van der Waals surface area contributed by atoms with Gasteiger partial charge in [-0.05, 0) is 42.5 Å². The van der Waals surface area contributed by atoms with Gasteiger partial charge in [0.15, 0.2) is 0 Å². The number of methoxy groups -OCH3 is 1. The Hall–Kier alpha value is -1.80. The maximum absolute atomic E-state index is 9.30. The molecule has 19 heavy (non-hydrogen) atoms. The average Bonchev–Trinajstić information content (AvgIpc) is 2.46. The summed E-state index contributed by atoms with van der Waals surface area (Å²) in [5, 5.41) is 9.30. The molecule has 2 rings (SSSR count). The lowest BCUT2D eigenvalue weighted by molar-refractivity contribution is 0.0938. The van der Waals surface area contributed by atoms with Crippen molar-refractivity contribution in [1.29, 1.82) is 0 Å². The molecule has 0 spiro atoms. The molecule has 0 aliphatic carbocycles. The highest BCUT2D eigenvalue weighted by atomic mass is 16.5. The zero-order valence-electron chi connectivity index (χ0n) is 11.3. The molecule has 0 aliphatic heterocycles. The van der Waals surface area contributed by atoms with Crippen molar-refractivity contribution in [3.8, 4) is 5.75 Å². The Morgan fingerprint density at radius 2 is 1.68 bits per heavy atom. The van der Waals surface area contributed by atoms with Crippen LogP contribution in [0.2, 0.25) is 0 Å². The Morgan fingerprint density at radius 3 is 2.32 bits per heavy atom.